The normalized spacial score (nSPS) is 11.9. The van der Waals surface area contributed by atoms with E-state index in [4.69, 9.17) is 0 Å². The van der Waals surface area contributed by atoms with Crippen LogP contribution in [0.3, 0.4) is 0 Å². The SMILES string of the molecule is C=CC(=O)Nc1c(O)cccc1CC(O)CC. The van der Waals surface area contributed by atoms with Crippen LogP contribution in [0.5, 0.6) is 5.75 Å². The summed E-state index contributed by atoms with van der Waals surface area (Å²) >= 11 is 0. The van der Waals surface area contributed by atoms with Gasteiger partial charge >= 0.3 is 0 Å². The quantitative estimate of drug-likeness (QED) is 0.538. The van der Waals surface area contributed by atoms with E-state index in [-0.39, 0.29) is 5.75 Å². The fourth-order valence-electron chi connectivity index (χ4n) is 1.47. The van der Waals surface area contributed by atoms with E-state index in [0.717, 1.165) is 6.08 Å². The van der Waals surface area contributed by atoms with Gasteiger partial charge in [-0.05, 0) is 24.1 Å². The molecule has 0 spiro atoms. The van der Waals surface area contributed by atoms with Gasteiger partial charge in [0.25, 0.3) is 0 Å². The summed E-state index contributed by atoms with van der Waals surface area (Å²) < 4.78 is 0. The zero-order valence-corrected chi connectivity index (χ0v) is 9.81. The van der Waals surface area contributed by atoms with Crippen molar-refractivity contribution in [2.75, 3.05) is 5.32 Å². The minimum absolute atomic E-state index is 0.0130. The number of rotatable bonds is 5. The van der Waals surface area contributed by atoms with Crippen LogP contribution in [0.25, 0.3) is 0 Å². The van der Waals surface area contributed by atoms with Crippen LogP contribution in [0.15, 0.2) is 30.9 Å². The molecule has 0 radical (unpaired) electrons. The third-order valence-electron chi connectivity index (χ3n) is 2.49. The second-order valence-electron chi connectivity index (χ2n) is 3.77. The van der Waals surface area contributed by atoms with E-state index in [1.165, 1.54) is 6.07 Å². The van der Waals surface area contributed by atoms with Crippen molar-refractivity contribution in [2.45, 2.75) is 25.9 Å². The number of hydrogen-bond donors (Lipinski definition) is 3. The molecule has 4 nitrogen and oxygen atoms in total. The Morgan fingerprint density at radius 3 is 2.88 bits per heavy atom. The van der Waals surface area contributed by atoms with Gasteiger partial charge in [-0.25, -0.2) is 0 Å². The number of carbonyl (C=O) groups is 1. The molecule has 0 heterocycles. The molecule has 0 aliphatic carbocycles. The van der Waals surface area contributed by atoms with Gasteiger partial charge in [0.1, 0.15) is 5.75 Å². The van der Waals surface area contributed by atoms with Crippen molar-refractivity contribution in [3.8, 4) is 5.75 Å². The summed E-state index contributed by atoms with van der Waals surface area (Å²) in [7, 11) is 0. The van der Waals surface area contributed by atoms with Gasteiger partial charge in [0.05, 0.1) is 11.8 Å². The monoisotopic (exact) mass is 235 g/mol. The van der Waals surface area contributed by atoms with Crippen LogP contribution < -0.4 is 5.32 Å². The molecule has 92 valence electrons. The molecule has 0 saturated carbocycles. The average Bonchev–Trinajstić information content (AvgIpc) is 2.33. The van der Waals surface area contributed by atoms with Gasteiger partial charge < -0.3 is 15.5 Å². The predicted octanol–water partition coefficient (Wildman–Crippen LogP) is 1.83. The number of benzene rings is 1. The first-order valence-corrected chi connectivity index (χ1v) is 5.50. The summed E-state index contributed by atoms with van der Waals surface area (Å²) in [5, 5.41) is 21.8. The molecule has 0 saturated heterocycles. The first-order chi connectivity index (χ1) is 8.08. The molecule has 0 aliphatic rings. The molecule has 4 heteroatoms. The Labute approximate surface area is 101 Å². The highest BCUT2D eigenvalue weighted by Crippen LogP contribution is 2.28. The second-order valence-corrected chi connectivity index (χ2v) is 3.77. The van der Waals surface area contributed by atoms with Gasteiger partial charge in [-0.15, -0.1) is 0 Å². The van der Waals surface area contributed by atoms with Crippen molar-refractivity contribution < 1.29 is 15.0 Å². The maximum absolute atomic E-state index is 11.2. The number of phenols is 1. The molecular weight excluding hydrogens is 218 g/mol. The van der Waals surface area contributed by atoms with E-state index in [2.05, 4.69) is 11.9 Å². The largest absolute Gasteiger partial charge is 0.506 e. The standard InChI is InChI=1S/C13H17NO3/c1-3-10(15)8-9-6-5-7-11(16)13(9)14-12(17)4-2/h4-7,10,15-16H,2-3,8H2,1H3,(H,14,17). The zero-order valence-electron chi connectivity index (χ0n) is 9.81. The van der Waals surface area contributed by atoms with E-state index in [0.29, 0.717) is 24.1 Å². The summed E-state index contributed by atoms with van der Waals surface area (Å²) in [6.45, 7) is 5.22. The lowest BCUT2D eigenvalue weighted by molar-refractivity contribution is -0.111. The number of amides is 1. The van der Waals surface area contributed by atoms with Crippen LogP contribution in [-0.2, 0) is 11.2 Å². The van der Waals surface area contributed by atoms with Gasteiger partial charge in [-0.1, -0.05) is 25.6 Å². The van der Waals surface area contributed by atoms with Gasteiger partial charge in [0, 0.05) is 6.42 Å². The average molecular weight is 235 g/mol. The zero-order chi connectivity index (χ0) is 12.8. The topological polar surface area (TPSA) is 69.6 Å². The predicted molar refractivity (Wildman–Crippen MR) is 66.9 cm³/mol. The summed E-state index contributed by atoms with van der Waals surface area (Å²) in [6, 6.07) is 4.93. The minimum Gasteiger partial charge on any atom is -0.506 e. The smallest absolute Gasteiger partial charge is 0.247 e. The highest BCUT2D eigenvalue weighted by atomic mass is 16.3. The number of para-hydroxylation sites is 1. The van der Waals surface area contributed by atoms with Crippen LogP contribution in [0, 0.1) is 0 Å². The first kappa shape index (κ1) is 13.3. The number of aliphatic hydroxyl groups is 1. The molecular formula is C13H17NO3. The number of nitrogens with one attached hydrogen (secondary N) is 1. The molecule has 0 aliphatic heterocycles. The van der Waals surface area contributed by atoms with Gasteiger partial charge in [0.2, 0.25) is 5.91 Å². The van der Waals surface area contributed by atoms with E-state index < -0.39 is 12.0 Å². The summed E-state index contributed by atoms with van der Waals surface area (Å²) in [5.74, 6) is -0.403. The highest BCUT2D eigenvalue weighted by molar-refractivity contribution is 6.00. The van der Waals surface area contributed by atoms with Crippen molar-refractivity contribution >= 4 is 11.6 Å². The summed E-state index contributed by atoms with van der Waals surface area (Å²) in [4.78, 5) is 11.2. The van der Waals surface area contributed by atoms with Crippen LogP contribution in [0.4, 0.5) is 5.69 Å². The Kier molecular flexibility index (Phi) is 4.72. The van der Waals surface area contributed by atoms with E-state index in [9.17, 15) is 15.0 Å². The molecule has 0 bridgehead atoms. The molecule has 1 aromatic rings. The fraction of sp³-hybridized carbons (Fsp3) is 0.308. The maximum atomic E-state index is 11.2. The molecule has 1 unspecified atom stereocenters. The Balaban J connectivity index is 2.99. The van der Waals surface area contributed by atoms with E-state index in [1.807, 2.05) is 6.92 Å². The Hall–Kier alpha value is -1.81. The van der Waals surface area contributed by atoms with Gasteiger partial charge in [-0.3, -0.25) is 4.79 Å². The van der Waals surface area contributed by atoms with E-state index >= 15 is 0 Å². The number of aliphatic hydroxyl groups excluding tert-OH is 1. The first-order valence-electron chi connectivity index (χ1n) is 5.50. The number of carbonyl (C=O) groups excluding carboxylic acids is 1. The number of phenolic OH excluding ortho intramolecular Hbond substituents is 1. The van der Waals surface area contributed by atoms with Gasteiger partial charge in [0.15, 0.2) is 0 Å². The summed E-state index contributed by atoms with van der Waals surface area (Å²) in [5.41, 5.74) is 1.04. The third-order valence-corrected chi connectivity index (χ3v) is 2.49. The number of anilines is 1. The van der Waals surface area contributed by atoms with Crippen LogP contribution in [0.2, 0.25) is 0 Å². The molecule has 1 aromatic carbocycles. The Bertz CT molecular complexity index is 415. The maximum Gasteiger partial charge on any atom is 0.247 e. The van der Waals surface area contributed by atoms with Crippen molar-refractivity contribution in [3.63, 3.8) is 0 Å². The molecule has 1 rings (SSSR count). The lowest BCUT2D eigenvalue weighted by Gasteiger charge is -2.14. The minimum atomic E-state index is -0.490. The van der Waals surface area contributed by atoms with Crippen LogP contribution >= 0.6 is 0 Å². The second kappa shape index (κ2) is 6.06. The Morgan fingerprint density at radius 1 is 1.59 bits per heavy atom. The lowest BCUT2D eigenvalue weighted by Crippen LogP contribution is -2.14. The van der Waals surface area contributed by atoms with Gasteiger partial charge in [-0.2, -0.15) is 0 Å². The van der Waals surface area contributed by atoms with Crippen molar-refractivity contribution in [3.05, 3.63) is 36.4 Å². The summed E-state index contributed by atoms with van der Waals surface area (Å²) in [6.07, 6.45) is 1.64. The lowest BCUT2D eigenvalue weighted by atomic mass is 10.0. The number of hydrogen-bond acceptors (Lipinski definition) is 3. The highest BCUT2D eigenvalue weighted by Gasteiger charge is 2.12. The molecule has 0 aromatic heterocycles. The van der Waals surface area contributed by atoms with Crippen LogP contribution in [-0.4, -0.2) is 22.2 Å². The molecule has 3 N–H and O–H groups in total. The van der Waals surface area contributed by atoms with Crippen molar-refractivity contribution in [2.24, 2.45) is 0 Å². The van der Waals surface area contributed by atoms with Crippen LogP contribution in [0.1, 0.15) is 18.9 Å². The molecule has 1 amide bonds. The van der Waals surface area contributed by atoms with Crippen molar-refractivity contribution in [1.82, 2.24) is 0 Å². The third kappa shape index (κ3) is 3.60. The number of aromatic hydroxyl groups is 1. The molecule has 17 heavy (non-hydrogen) atoms. The van der Waals surface area contributed by atoms with E-state index in [1.54, 1.807) is 12.1 Å². The Morgan fingerprint density at radius 2 is 2.29 bits per heavy atom. The molecule has 0 fully saturated rings. The fourth-order valence-corrected chi connectivity index (χ4v) is 1.47. The molecule has 1 atom stereocenters. The van der Waals surface area contributed by atoms with Crippen molar-refractivity contribution in [1.29, 1.82) is 0 Å².